The van der Waals surface area contributed by atoms with Crippen LogP contribution in [0.1, 0.15) is 168 Å². The van der Waals surface area contributed by atoms with E-state index in [1.54, 1.807) is 0 Å². The number of unbranched alkanes of at least 4 members (excludes halogenated alkanes) is 12. The van der Waals surface area contributed by atoms with Gasteiger partial charge < -0.3 is 29.5 Å². The molecule has 7 nitrogen and oxygen atoms in total. The Labute approximate surface area is 268 Å². The van der Waals surface area contributed by atoms with Crippen LogP contribution in [-0.4, -0.2) is 70.1 Å². The van der Waals surface area contributed by atoms with Crippen LogP contribution < -0.4 is 0 Å². The van der Waals surface area contributed by atoms with Gasteiger partial charge in [-0.2, -0.15) is 0 Å². The molecule has 3 aliphatic heterocycles. The number of aliphatic hydroxyl groups excluding tert-OH is 3. The zero-order valence-electron chi connectivity index (χ0n) is 28.1. The number of cyclic esters (lactones) is 1. The second kappa shape index (κ2) is 21.7. The molecule has 0 radical (unpaired) electrons. The number of carbonyl (C=O) groups excluding carboxylic acids is 1. The van der Waals surface area contributed by atoms with Gasteiger partial charge in [-0.25, -0.2) is 4.79 Å². The van der Waals surface area contributed by atoms with Crippen LogP contribution >= 0.6 is 0 Å². The van der Waals surface area contributed by atoms with Crippen molar-refractivity contribution in [3.05, 3.63) is 11.6 Å². The van der Waals surface area contributed by atoms with Crippen molar-refractivity contribution >= 4 is 5.97 Å². The van der Waals surface area contributed by atoms with Gasteiger partial charge in [0.15, 0.2) is 0 Å². The number of hydrogen-bond donors (Lipinski definition) is 3. The van der Waals surface area contributed by atoms with Crippen LogP contribution in [0, 0.1) is 0 Å². The van der Waals surface area contributed by atoms with Crippen molar-refractivity contribution in [1.82, 2.24) is 0 Å². The van der Waals surface area contributed by atoms with Gasteiger partial charge in [0, 0.05) is 5.57 Å². The quantitative estimate of drug-likeness (QED) is 0.0703. The normalized spacial score (nSPS) is 27.4. The Kier molecular flexibility index (Phi) is 18.5. The summed E-state index contributed by atoms with van der Waals surface area (Å²) >= 11 is 0. The van der Waals surface area contributed by atoms with Crippen LogP contribution in [0.25, 0.3) is 0 Å². The molecule has 0 spiro atoms. The van der Waals surface area contributed by atoms with E-state index >= 15 is 0 Å². The third kappa shape index (κ3) is 14.2. The number of carbonyl (C=O) groups is 1. The molecule has 3 N–H and O–H groups in total. The fourth-order valence-electron chi connectivity index (χ4n) is 7.27. The van der Waals surface area contributed by atoms with Crippen LogP contribution in [0.5, 0.6) is 0 Å². The smallest absolute Gasteiger partial charge is 0.334 e. The summed E-state index contributed by atoms with van der Waals surface area (Å²) < 4.78 is 17.7. The zero-order valence-corrected chi connectivity index (χ0v) is 28.1. The van der Waals surface area contributed by atoms with Crippen LogP contribution in [0.3, 0.4) is 0 Å². The molecule has 1 unspecified atom stereocenters. The lowest BCUT2D eigenvalue weighted by Crippen LogP contribution is -2.33. The molecule has 0 bridgehead atoms. The Balaban J connectivity index is 1.12. The highest BCUT2D eigenvalue weighted by atomic mass is 16.6. The van der Waals surface area contributed by atoms with Gasteiger partial charge in [0.2, 0.25) is 0 Å². The molecule has 3 aliphatic rings. The van der Waals surface area contributed by atoms with Gasteiger partial charge in [0.05, 0.1) is 42.7 Å². The lowest BCUT2D eigenvalue weighted by molar-refractivity contribution is -0.139. The largest absolute Gasteiger partial charge is 0.455 e. The predicted molar refractivity (Wildman–Crippen MR) is 175 cm³/mol. The Bertz CT molecular complexity index is 801. The Morgan fingerprint density at radius 2 is 1.11 bits per heavy atom. The maximum atomic E-state index is 11.6. The summed E-state index contributed by atoms with van der Waals surface area (Å²) in [6.07, 6.45) is 25.7. The van der Waals surface area contributed by atoms with Crippen LogP contribution in [-0.2, 0) is 19.0 Å². The van der Waals surface area contributed by atoms with Crippen molar-refractivity contribution in [2.45, 2.75) is 217 Å². The number of ether oxygens (including phenoxy) is 3. The van der Waals surface area contributed by atoms with Gasteiger partial charge in [-0.05, 0) is 77.2 Å². The molecular formula is C37H66O7. The summed E-state index contributed by atoms with van der Waals surface area (Å²) in [5.74, 6) is -0.146. The van der Waals surface area contributed by atoms with Crippen molar-refractivity contribution in [3.8, 4) is 0 Å². The molecule has 256 valence electrons. The minimum absolute atomic E-state index is 0.0432. The molecule has 0 aromatic carbocycles. The van der Waals surface area contributed by atoms with Crippen molar-refractivity contribution in [2.75, 3.05) is 0 Å². The van der Waals surface area contributed by atoms with E-state index in [1.807, 2.05) is 13.0 Å². The van der Waals surface area contributed by atoms with Crippen molar-refractivity contribution in [1.29, 1.82) is 0 Å². The van der Waals surface area contributed by atoms with Gasteiger partial charge in [-0.15, -0.1) is 0 Å². The first-order valence-corrected chi connectivity index (χ1v) is 18.6. The fourth-order valence-corrected chi connectivity index (χ4v) is 7.27. The highest BCUT2D eigenvalue weighted by Crippen LogP contribution is 2.34. The Hall–Kier alpha value is -0.990. The third-order valence-corrected chi connectivity index (χ3v) is 10.1. The molecule has 3 rings (SSSR count). The van der Waals surface area contributed by atoms with Crippen LogP contribution in [0.15, 0.2) is 11.6 Å². The van der Waals surface area contributed by atoms with Gasteiger partial charge in [0.1, 0.15) is 6.10 Å². The zero-order chi connectivity index (χ0) is 31.6. The summed E-state index contributed by atoms with van der Waals surface area (Å²) in [5, 5.41) is 31.7. The molecule has 7 heteroatoms. The maximum Gasteiger partial charge on any atom is 0.334 e. The average Bonchev–Trinajstić information content (AvgIpc) is 3.76. The highest BCUT2D eigenvalue weighted by Gasteiger charge is 2.40. The van der Waals surface area contributed by atoms with E-state index in [-0.39, 0.29) is 48.7 Å². The van der Waals surface area contributed by atoms with Gasteiger partial charge in [0.25, 0.3) is 0 Å². The fraction of sp³-hybridized carbons (Fsp3) is 0.919. The first-order valence-electron chi connectivity index (χ1n) is 18.6. The first-order chi connectivity index (χ1) is 21.4. The number of esters is 1. The second-order valence-electron chi connectivity index (χ2n) is 14.0. The van der Waals surface area contributed by atoms with Crippen LogP contribution in [0.2, 0.25) is 0 Å². The van der Waals surface area contributed by atoms with E-state index in [1.165, 1.54) is 32.1 Å². The molecule has 0 amide bonds. The van der Waals surface area contributed by atoms with E-state index < -0.39 is 6.10 Å². The minimum Gasteiger partial charge on any atom is -0.455 e. The molecule has 0 aliphatic carbocycles. The van der Waals surface area contributed by atoms with Gasteiger partial charge >= 0.3 is 5.97 Å². The van der Waals surface area contributed by atoms with Crippen LogP contribution in [0.4, 0.5) is 0 Å². The van der Waals surface area contributed by atoms with E-state index in [0.717, 1.165) is 128 Å². The molecule has 2 fully saturated rings. The standard InChI is InChI=1S/C37H66O7/c1-3-4-5-6-10-16-21-31(39)33-23-25-35(43-33)36-26-24-34(44-36)32(40)22-17-12-11-15-20-30(38)19-14-9-7-8-13-18-29-27-28(2)42-37(29)41/h27-28,30-36,38-40H,3-26H2,1-2H3/t28-,30?,31-,32+,33+,34+,35+,36+/m0/s1. The van der Waals surface area contributed by atoms with Gasteiger partial charge in [-0.1, -0.05) is 96.8 Å². The topological polar surface area (TPSA) is 105 Å². The number of hydrogen-bond acceptors (Lipinski definition) is 7. The average molecular weight is 623 g/mol. The monoisotopic (exact) mass is 622 g/mol. The van der Waals surface area contributed by atoms with E-state index in [4.69, 9.17) is 14.2 Å². The summed E-state index contributed by atoms with van der Waals surface area (Å²) in [6.45, 7) is 4.13. The molecule has 3 heterocycles. The van der Waals surface area contributed by atoms with E-state index in [0.29, 0.717) is 0 Å². The van der Waals surface area contributed by atoms with E-state index in [2.05, 4.69) is 6.92 Å². The number of rotatable bonds is 25. The lowest BCUT2D eigenvalue weighted by atomic mass is 9.99. The summed E-state index contributed by atoms with van der Waals surface area (Å²) in [7, 11) is 0. The molecule has 44 heavy (non-hydrogen) atoms. The SMILES string of the molecule is CCCCCCCC[C@H](O)[C@H]1CC[C@H]([C@H]2CC[C@H]([C@H](O)CCCCCCC(O)CCCCCCCC3=C[C@H](C)OC3=O)O2)O1. The summed E-state index contributed by atoms with van der Waals surface area (Å²) in [6, 6.07) is 0. The third-order valence-electron chi connectivity index (χ3n) is 10.1. The first kappa shape index (κ1) is 37.5. The maximum absolute atomic E-state index is 11.6. The highest BCUT2D eigenvalue weighted by molar-refractivity contribution is 5.90. The molecular weight excluding hydrogens is 556 g/mol. The lowest BCUT2D eigenvalue weighted by Gasteiger charge is -2.24. The molecule has 2 saturated heterocycles. The second-order valence-corrected chi connectivity index (χ2v) is 14.0. The van der Waals surface area contributed by atoms with Crippen molar-refractivity contribution in [3.63, 3.8) is 0 Å². The molecule has 0 aromatic heterocycles. The number of aliphatic hydroxyl groups is 3. The Morgan fingerprint density at radius 3 is 1.59 bits per heavy atom. The molecule has 0 saturated carbocycles. The van der Waals surface area contributed by atoms with Crippen molar-refractivity contribution < 1.29 is 34.3 Å². The van der Waals surface area contributed by atoms with Gasteiger partial charge in [-0.3, -0.25) is 0 Å². The van der Waals surface area contributed by atoms with Crippen molar-refractivity contribution in [2.24, 2.45) is 0 Å². The molecule has 8 atom stereocenters. The Morgan fingerprint density at radius 1 is 0.659 bits per heavy atom. The van der Waals surface area contributed by atoms with E-state index in [9.17, 15) is 20.1 Å². The summed E-state index contributed by atoms with van der Waals surface area (Å²) in [4.78, 5) is 11.6. The summed E-state index contributed by atoms with van der Waals surface area (Å²) in [5.41, 5.74) is 0.835. The minimum atomic E-state index is -0.423. The predicted octanol–water partition coefficient (Wildman–Crippen LogP) is 7.86. The molecule has 0 aromatic rings.